The molecule has 0 saturated carbocycles. The molecule has 2 heterocycles. The highest BCUT2D eigenvalue weighted by atomic mass is 16.6. The van der Waals surface area contributed by atoms with Gasteiger partial charge in [-0.2, -0.15) is 5.26 Å². The van der Waals surface area contributed by atoms with Gasteiger partial charge < -0.3 is 9.15 Å². The highest BCUT2D eigenvalue weighted by molar-refractivity contribution is 5.87. The maximum Gasteiger partial charge on any atom is 0.380 e. The molecule has 2 rings (SSSR count). The van der Waals surface area contributed by atoms with Crippen molar-refractivity contribution in [2.45, 2.75) is 0 Å². The van der Waals surface area contributed by atoms with Crippen molar-refractivity contribution in [2.75, 3.05) is 0 Å². The van der Waals surface area contributed by atoms with Gasteiger partial charge in [-0.15, -0.1) is 0 Å². The Morgan fingerprint density at radius 3 is 2.94 bits per heavy atom. The minimum Gasteiger partial charge on any atom is -0.457 e. The van der Waals surface area contributed by atoms with Crippen molar-refractivity contribution in [3.8, 4) is 11.9 Å². The second-order valence-corrected chi connectivity index (χ2v) is 2.79. The number of carbonyl (C=O) groups excluding carboxylic acids is 1. The second kappa shape index (κ2) is 4.28. The van der Waals surface area contributed by atoms with E-state index >= 15 is 0 Å². The molecule has 0 saturated heterocycles. The summed E-state index contributed by atoms with van der Waals surface area (Å²) >= 11 is 0. The number of furan rings is 1. The third kappa shape index (κ3) is 2.07. The van der Waals surface area contributed by atoms with Gasteiger partial charge in [0.25, 0.3) is 0 Å². The van der Waals surface area contributed by atoms with Gasteiger partial charge in [0, 0.05) is 6.07 Å². The van der Waals surface area contributed by atoms with Crippen LogP contribution < -0.4 is 4.74 Å². The summed E-state index contributed by atoms with van der Waals surface area (Å²) in [5.74, 6) is -0.484. The molecule has 0 aliphatic heterocycles. The molecule has 0 aliphatic carbocycles. The molecule has 1 radical (unpaired) electrons. The highest BCUT2D eigenvalue weighted by Gasteiger charge is 2.11. The summed E-state index contributed by atoms with van der Waals surface area (Å²) < 4.78 is 9.72. The van der Waals surface area contributed by atoms with Gasteiger partial charge in [-0.25, -0.2) is 9.78 Å². The van der Waals surface area contributed by atoms with Gasteiger partial charge in [0.05, 0.1) is 11.8 Å². The van der Waals surface area contributed by atoms with Crippen molar-refractivity contribution in [3.63, 3.8) is 0 Å². The Hall–Kier alpha value is -2.61. The maximum atomic E-state index is 11.4. The molecule has 77 valence electrons. The van der Waals surface area contributed by atoms with Crippen LogP contribution in [0.25, 0.3) is 0 Å². The molecule has 0 unspecified atom stereocenters. The molecule has 0 aromatic carbocycles. The summed E-state index contributed by atoms with van der Waals surface area (Å²) in [7, 11) is 0. The Labute approximate surface area is 90.9 Å². The minimum absolute atomic E-state index is 0.0698. The van der Waals surface area contributed by atoms with Gasteiger partial charge in [-0.05, 0) is 18.2 Å². The van der Waals surface area contributed by atoms with E-state index in [9.17, 15) is 4.79 Å². The Kier molecular flexibility index (Phi) is 2.65. The first-order valence-electron chi connectivity index (χ1n) is 4.34. The predicted molar refractivity (Wildman–Crippen MR) is 51.5 cm³/mol. The van der Waals surface area contributed by atoms with Crippen LogP contribution in [0.1, 0.15) is 16.1 Å². The molecule has 0 bridgehead atoms. The molecular formula is C11H5N2O3. The number of ether oxygens (including phenoxy) is 1. The molecular weight excluding hydrogens is 208 g/mol. The second-order valence-electron chi connectivity index (χ2n) is 2.79. The third-order valence-corrected chi connectivity index (χ3v) is 1.72. The van der Waals surface area contributed by atoms with Crippen LogP contribution in [0.15, 0.2) is 34.9 Å². The average Bonchev–Trinajstić information content (AvgIpc) is 2.83. The summed E-state index contributed by atoms with van der Waals surface area (Å²) in [4.78, 5) is 15.1. The lowest BCUT2D eigenvalue weighted by Gasteiger charge is -1.99. The van der Waals surface area contributed by atoms with Crippen LogP contribution in [0.2, 0.25) is 0 Å². The van der Waals surface area contributed by atoms with E-state index in [1.54, 1.807) is 6.07 Å². The van der Waals surface area contributed by atoms with E-state index in [1.807, 2.05) is 6.07 Å². The fraction of sp³-hybridized carbons (Fsp3) is 0. The standard InChI is InChI=1S/C11H5N2O3/c12-6-8-3-4-10(13-7-8)16-11(14)9-2-1-5-15-9/h1-5H. The van der Waals surface area contributed by atoms with Crippen molar-refractivity contribution < 1.29 is 13.9 Å². The molecule has 16 heavy (non-hydrogen) atoms. The molecule has 5 nitrogen and oxygen atoms in total. The van der Waals surface area contributed by atoms with Crippen LogP contribution in [0.4, 0.5) is 0 Å². The van der Waals surface area contributed by atoms with Gasteiger partial charge in [0.1, 0.15) is 12.3 Å². The van der Waals surface area contributed by atoms with Gasteiger partial charge in [-0.1, -0.05) is 0 Å². The molecule has 0 N–H and O–H groups in total. The Morgan fingerprint density at radius 2 is 2.38 bits per heavy atom. The summed E-state index contributed by atoms with van der Waals surface area (Å²) in [6, 6.07) is 7.79. The number of aromatic nitrogens is 1. The number of nitrogens with zero attached hydrogens (tertiary/aromatic N) is 2. The molecule has 0 aliphatic rings. The summed E-state index contributed by atoms with van der Waals surface area (Å²) in [5.41, 5.74) is 0.276. The van der Waals surface area contributed by atoms with Gasteiger partial charge in [-0.3, -0.25) is 0 Å². The van der Waals surface area contributed by atoms with E-state index in [0.717, 1.165) is 0 Å². The topological polar surface area (TPSA) is 76.1 Å². The van der Waals surface area contributed by atoms with Crippen LogP contribution >= 0.6 is 0 Å². The van der Waals surface area contributed by atoms with E-state index < -0.39 is 5.97 Å². The van der Waals surface area contributed by atoms with Gasteiger partial charge >= 0.3 is 5.97 Å². The SMILES string of the molecule is N#Cc1[c]nc(OC(=O)c2ccco2)cc1. The first kappa shape index (κ1) is 9.93. The zero-order valence-electron chi connectivity index (χ0n) is 8.01. The van der Waals surface area contributed by atoms with E-state index in [0.29, 0.717) is 0 Å². The van der Waals surface area contributed by atoms with E-state index in [1.165, 1.54) is 24.5 Å². The normalized spacial score (nSPS) is 9.44. The number of rotatable bonds is 2. The first-order valence-corrected chi connectivity index (χ1v) is 4.34. The fourth-order valence-electron chi connectivity index (χ4n) is 1.00. The molecule has 2 aromatic rings. The summed E-state index contributed by atoms with van der Waals surface area (Å²) in [5, 5.41) is 8.52. The average molecular weight is 213 g/mol. The maximum absolute atomic E-state index is 11.4. The van der Waals surface area contributed by atoms with Crippen molar-refractivity contribution in [1.29, 1.82) is 5.26 Å². The molecule has 0 fully saturated rings. The summed E-state index contributed by atoms with van der Waals surface area (Å²) in [6.45, 7) is 0. The van der Waals surface area contributed by atoms with Crippen molar-refractivity contribution >= 4 is 5.97 Å². The Morgan fingerprint density at radius 1 is 1.50 bits per heavy atom. The van der Waals surface area contributed by atoms with Crippen LogP contribution in [0, 0.1) is 17.5 Å². The molecule has 5 heteroatoms. The fourth-order valence-corrected chi connectivity index (χ4v) is 1.00. The third-order valence-electron chi connectivity index (χ3n) is 1.72. The van der Waals surface area contributed by atoms with Gasteiger partial charge in [0.15, 0.2) is 0 Å². The van der Waals surface area contributed by atoms with E-state index in [4.69, 9.17) is 14.4 Å². The first-order chi connectivity index (χ1) is 7.79. The Bertz CT molecular complexity index is 523. The van der Waals surface area contributed by atoms with Crippen molar-refractivity contribution in [3.05, 3.63) is 48.0 Å². The molecule has 0 spiro atoms. The minimum atomic E-state index is -0.643. The molecule has 2 aromatic heterocycles. The monoisotopic (exact) mass is 213 g/mol. The van der Waals surface area contributed by atoms with Gasteiger partial charge in [0.2, 0.25) is 11.6 Å². The van der Waals surface area contributed by atoms with Crippen LogP contribution in [0.5, 0.6) is 5.88 Å². The highest BCUT2D eigenvalue weighted by Crippen LogP contribution is 2.09. The lowest BCUT2D eigenvalue weighted by atomic mass is 10.3. The zero-order valence-corrected chi connectivity index (χ0v) is 8.01. The number of nitriles is 1. The number of carbonyl (C=O) groups is 1. The number of hydrogen-bond acceptors (Lipinski definition) is 5. The van der Waals surface area contributed by atoms with Crippen LogP contribution in [0.3, 0.4) is 0 Å². The van der Waals surface area contributed by atoms with E-state index in [2.05, 4.69) is 11.2 Å². The lowest BCUT2D eigenvalue weighted by Crippen LogP contribution is -2.08. The predicted octanol–water partition coefficient (Wildman–Crippen LogP) is 1.57. The molecule has 0 amide bonds. The van der Waals surface area contributed by atoms with E-state index in [-0.39, 0.29) is 17.2 Å². The Balaban J connectivity index is 2.10. The number of esters is 1. The van der Waals surface area contributed by atoms with Crippen molar-refractivity contribution in [1.82, 2.24) is 4.98 Å². The molecule has 0 atom stereocenters. The number of pyridine rings is 1. The quantitative estimate of drug-likeness (QED) is 0.707. The largest absolute Gasteiger partial charge is 0.457 e. The number of hydrogen-bond donors (Lipinski definition) is 0. The van der Waals surface area contributed by atoms with Crippen LogP contribution in [-0.4, -0.2) is 11.0 Å². The van der Waals surface area contributed by atoms with Crippen molar-refractivity contribution in [2.24, 2.45) is 0 Å². The lowest BCUT2D eigenvalue weighted by molar-refractivity contribution is 0.0694. The van der Waals surface area contributed by atoms with Crippen LogP contribution in [-0.2, 0) is 0 Å². The summed E-state index contributed by atoms with van der Waals surface area (Å²) in [6.07, 6.45) is 3.79. The zero-order chi connectivity index (χ0) is 11.4. The smallest absolute Gasteiger partial charge is 0.380 e.